The van der Waals surface area contributed by atoms with Crippen molar-refractivity contribution in [2.75, 3.05) is 10.6 Å². The lowest BCUT2D eigenvalue weighted by Gasteiger charge is -2.10. The van der Waals surface area contributed by atoms with Crippen molar-refractivity contribution in [2.45, 2.75) is 13.1 Å². The molecule has 0 fully saturated rings. The fraction of sp³-hybridized carbons (Fsp3) is 0.0909. The van der Waals surface area contributed by atoms with E-state index in [1.807, 2.05) is 19.1 Å². The van der Waals surface area contributed by atoms with E-state index in [4.69, 9.17) is 0 Å². The average Bonchev–Trinajstić information content (AvgIpc) is 2.69. The molecule has 0 atom stereocenters. The van der Waals surface area contributed by atoms with Gasteiger partial charge in [0.2, 0.25) is 0 Å². The van der Waals surface area contributed by atoms with Crippen molar-refractivity contribution in [1.82, 2.24) is 0 Å². The van der Waals surface area contributed by atoms with Gasteiger partial charge in [0.25, 0.3) is 11.8 Å². The predicted molar refractivity (Wildman–Crippen MR) is 105 cm³/mol. The van der Waals surface area contributed by atoms with E-state index in [1.165, 1.54) is 24.3 Å². The van der Waals surface area contributed by atoms with Gasteiger partial charge in [-0.3, -0.25) is 9.59 Å². The largest absolute Gasteiger partial charge is 0.416 e. The number of aryl methyl sites for hydroxylation is 1. The maximum atomic E-state index is 12.6. The summed E-state index contributed by atoms with van der Waals surface area (Å²) in [7, 11) is 0. The molecule has 3 rings (SSSR count). The van der Waals surface area contributed by atoms with Gasteiger partial charge in [0, 0.05) is 22.5 Å². The Hall–Kier alpha value is -3.61. The van der Waals surface area contributed by atoms with E-state index in [2.05, 4.69) is 10.6 Å². The number of amides is 2. The molecule has 0 unspecified atom stereocenters. The second-order valence-corrected chi connectivity index (χ2v) is 6.43. The standard InChI is InChI=1S/C22H17F3N2O2/c1-14-5-9-18(10-6-14)26-20(28)15-3-2-4-16(13-15)21(29)27-19-11-7-17(8-12-19)22(23,24)25/h2-13H,1H3,(H,26,28)(H,27,29). The van der Waals surface area contributed by atoms with Crippen LogP contribution >= 0.6 is 0 Å². The molecule has 0 saturated carbocycles. The van der Waals surface area contributed by atoms with E-state index in [0.717, 1.165) is 17.7 Å². The summed E-state index contributed by atoms with van der Waals surface area (Å²) >= 11 is 0. The number of hydrogen-bond donors (Lipinski definition) is 2. The number of halogens is 3. The lowest BCUT2D eigenvalue weighted by molar-refractivity contribution is -0.137. The number of nitrogens with one attached hydrogen (secondary N) is 2. The van der Waals surface area contributed by atoms with Crippen LogP contribution < -0.4 is 10.6 Å². The summed E-state index contributed by atoms with van der Waals surface area (Å²) in [5, 5.41) is 5.27. The summed E-state index contributed by atoms with van der Waals surface area (Å²) < 4.78 is 37.9. The lowest BCUT2D eigenvalue weighted by Crippen LogP contribution is -2.15. The Morgan fingerprint density at radius 2 is 1.17 bits per heavy atom. The summed E-state index contributed by atoms with van der Waals surface area (Å²) in [6.45, 7) is 1.93. The highest BCUT2D eigenvalue weighted by molar-refractivity contribution is 6.08. The van der Waals surface area contributed by atoms with Gasteiger partial charge in [0.05, 0.1) is 5.56 Å². The number of benzene rings is 3. The zero-order chi connectivity index (χ0) is 21.0. The van der Waals surface area contributed by atoms with Crippen LogP contribution in [0.3, 0.4) is 0 Å². The van der Waals surface area contributed by atoms with Gasteiger partial charge in [-0.15, -0.1) is 0 Å². The maximum absolute atomic E-state index is 12.6. The first-order valence-electron chi connectivity index (χ1n) is 8.69. The minimum Gasteiger partial charge on any atom is -0.322 e. The number of hydrogen-bond acceptors (Lipinski definition) is 2. The van der Waals surface area contributed by atoms with E-state index in [1.54, 1.807) is 24.3 Å². The van der Waals surface area contributed by atoms with E-state index >= 15 is 0 Å². The van der Waals surface area contributed by atoms with Crippen molar-refractivity contribution in [3.05, 3.63) is 95.1 Å². The van der Waals surface area contributed by atoms with Crippen molar-refractivity contribution in [1.29, 1.82) is 0 Å². The molecule has 2 N–H and O–H groups in total. The number of carbonyl (C=O) groups excluding carboxylic acids is 2. The molecular formula is C22H17F3N2O2. The van der Waals surface area contributed by atoms with Crippen molar-refractivity contribution >= 4 is 23.2 Å². The highest BCUT2D eigenvalue weighted by Crippen LogP contribution is 2.29. The maximum Gasteiger partial charge on any atom is 0.416 e. The highest BCUT2D eigenvalue weighted by Gasteiger charge is 2.30. The van der Waals surface area contributed by atoms with Crippen LogP contribution in [-0.4, -0.2) is 11.8 Å². The van der Waals surface area contributed by atoms with Crippen LogP contribution in [0.4, 0.5) is 24.5 Å². The molecule has 148 valence electrons. The van der Waals surface area contributed by atoms with E-state index in [-0.39, 0.29) is 22.7 Å². The molecule has 0 aliphatic heterocycles. The highest BCUT2D eigenvalue weighted by atomic mass is 19.4. The van der Waals surface area contributed by atoms with Gasteiger partial charge in [0.15, 0.2) is 0 Å². The minimum atomic E-state index is -4.44. The van der Waals surface area contributed by atoms with Crippen LogP contribution in [0.15, 0.2) is 72.8 Å². The Morgan fingerprint density at radius 3 is 1.62 bits per heavy atom. The third-order valence-corrected chi connectivity index (χ3v) is 4.17. The molecule has 3 aromatic carbocycles. The Morgan fingerprint density at radius 1 is 0.724 bits per heavy atom. The van der Waals surface area contributed by atoms with Crippen LogP contribution in [-0.2, 0) is 6.18 Å². The Kier molecular flexibility index (Phi) is 5.68. The van der Waals surface area contributed by atoms with Crippen molar-refractivity contribution in [2.24, 2.45) is 0 Å². The van der Waals surface area contributed by atoms with E-state index < -0.39 is 17.6 Å². The lowest BCUT2D eigenvalue weighted by atomic mass is 10.1. The third kappa shape index (κ3) is 5.22. The second kappa shape index (κ2) is 8.18. The third-order valence-electron chi connectivity index (χ3n) is 4.17. The monoisotopic (exact) mass is 398 g/mol. The zero-order valence-electron chi connectivity index (χ0n) is 15.4. The molecule has 0 aromatic heterocycles. The molecule has 0 aliphatic rings. The SMILES string of the molecule is Cc1ccc(NC(=O)c2cccc(C(=O)Nc3ccc(C(F)(F)F)cc3)c2)cc1. The van der Waals surface area contributed by atoms with Gasteiger partial charge in [-0.1, -0.05) is 23.8 Å². The molecule has 4 nitrogen and oxygen atoms in total. The fourth-order valence-electron chi connectivity index (χ4n) is 2.59. The second-order valence-electron chi connectivity index (χ2n) is 6.43. The molecule has 29 heavy (non-hydrogen) atoms. The van der Waals surface area contributed by atoms with Gasteiger partial charge in [-0.2, -0.15) is 13.2 Å². The minimum absolute atomic E-state index is 0.210. The summed E-state index contributed by atoms with van der Waals surface area (Å²) in [5.41, 5.74) is 1.60. The summed E-state index contributed by atoms with van der Waals surface area (Å²) in [6, 6.07) is 17.5. The predicted octanol–water partition coefficient (Wildman–Crippen LogP) is 5.52. The Balaban J connectivity index is 1.70. The molecule has 7 heteroatoms. The van der Waals surface area contributed by atoms with E-state index in [9.17, 15) is 22.8 Å². The number of carbonyl (C=O) groups is 2. The van der Waals surface area contributed by atoms with Gasteiger partial charge in [0.1, 0.15) is 0 Å². The molecule has 3 aromatic rings. The first-order valence-corrected chi connectivity index (χ1v) is 8.69. The van der Waals surface area contributed by atoms with Gasteiger partial charge in [-0.25, -0.2) is 0 Å². The molecule has 2 amide bonds. The molecular weight excluding hydrogens is 381 g/mol. The Labute approximate surface area is 165 Å². The zero-order valence-corrected chi connectivity index (χ0v) is 15.4. The summed E-state index contributed by atoms with van der Waals surface area (Å²) in [5.74, 6) is -0.909. The normalized spacial score (nSPS) is 11.0. The smallest absolute Gasteiger partial charge is 0.322 e. The number of anilines is 2. The van der Waals surface area contributed by atoms with Crippen LogP contribution in [0, 0.1) is 6.92 Å². The van der Waals surface area contributed by atoms with Crippen LogP contribution in [0.1, 0.15) is 31.8 Å². The topological polar surface area (TPSA) is 58.2 Å². The number of alkyl halides is 3. The van der Waals surface area contributed by atoms with Crippen LogP contribution in [0.25, 0.3) is 0 Å². The van der Waals surface area contributed by atoms with Gasteiger partial charge >= 0.3 is 6.18 Å². The van der Waals surface area contributed by atoms with Crippen molar-refractivity contribution in [3.8, 4) is 0 Å². The summed E-state index contributed by atoms with van der Waals surface area (Å²) in [4.78, 5) is 24.8. The molecule has 0 spiro atoms. The molecule has 0 bridgehead atoms. The van der Waals surface area contributed by atoms with Crippen LogP contribution in [0.2, 0.25) is 0 Å². The van der Waals surface area contributed by atoms with Crippen molar-refractivity contribution in [3.63, 3.8) is 0 Å². The van der Waals surface area contributed by atoms with Gasteiger partial charge in [-0.05, 0) is 61.5 Å². The van der Waals surface area contributed by atoms with Gasteiger partial charge < -0.3 is 10.6 Å². The average molecular weight is 398 g/mol. The molecule has 0 heterocycles. The molecule has 0 saturated heterocycles. The number of rotatable bonds is 4. The summed E-state index contributed by atoms with van der Waals surface area (Å²) in [6.07, 6.45) is -4.44. The van der Waals surface area contributed by atoms with E-state index in [0.29, 0.717) is 5.69 Å². The fourth-order valence-corrected chi connectivity index (χ4v) is 2.59. The van der Waals surface area contributed by atoms with Crippen LogP contribution in [0.5, 0.6) is 0 Å². The quantitative estimate of drug-likeness (QED) is 0.608. The molecule has 0 radical (unpaired) electrons. The first-order chi connectivity index (χ1) is 13.7. The Bertz CT molecular complexity index is 1030. The molecule has 0 aliphatic carbocycles. The first kappa shape index (κ1) is 20.1. The van der Waals surface area contributed by atoms with Crippen molar-refractivity contribution < 1.29 is 22.8 Å².